The van der Waals surface area contributed by atoms with Crippen LogP contribution in [0.15, 0.2) is 23.1 Å². The van der Waals surface area contributed by atoms with Crippen molar-refractivity contribution in [3.8, 4) is 0 Å². The van der Waals surface area contributed by atoms with E-state index in [1.54, 1.807) is 17.0 Å². The van der Waals surface area contributed by atoms with Crippen molar-refractivity contribution in [3.63, 3.8) is 0 Å². The van der Waals surface area contributed by atoms with Crippen molar-refractivity contribution >= 4 is 21.4 Å². The molecule has 0 saturated carbocycles. The number of hydrogen-bond donors (Lipinski definition) is 1. The number of aryl methyl sites for hydroxylation is 1. The standard InChI is InChI=1S/C14H20N2O3S/c1-11-5-6-13(12(15)9-11)20(18,19)10-14(17)16-7-3-2-4-8-16/h5-6,9H,2-4,7-8,10,15H2,1H3. The molecule has 0 aromatic heterocycles. The van der Waals surface area contributed by atoms with Crippen LogP contribution in [-0.2, 0) is 14.6 Å². The third-order valence-corrected chi connectivity index (χ3v) is 5.19. The van der Waals surface area contributed by atoms with E-state index in [4.69, 9.17) is 5.73 Å². The number of nitrogen functional groups attached to an aromatic ring is 1. The van der Waals surface area contributed by atoms with Gasteiger partial charge in [-0.15, -0.1) is 0 Å². The SMILES string of the molecule is Cc1ccc(S(=O)(=O)CC(=O)N2CCCCC2)c(N)c1. The second-order valence-corrected chi connectivity index (χ2v) is 7.20. The van der Waals surface area contributed by atoms with Gasteiger partial charge in [0, 0.05) is 13.1 Å². The van der Waals surface area contributed by atoms with Gasteiger partial charge in [-0.05, 0) is 43.9 Å². The van der Waals surface area contributed by atoms with Crippen molar-refractivity contribution in [1.29, 1.82) is 0 Å². The van der Waals surface area contributed by atoms with E-state index in [0.29, 0.717) is 13.1 Å². The van der Waals surface area contributed by atoms with Crippen LogP contribution in [0.4, 0.5) is 5.69 Å². The summed E-state index contributed by atoms with van der Waals surface area (Å²) in [6.07, 6.45) is 2.98. The zero-order valence-electron chi connectivity index (χ0n) is 11.6. The van der Waals surface area contributed by atoms with Crippen LogP contribution >= 0.6 is 0 Å². The van der Waals surface area contributed by atoms with Gasteiger partial charge in [0.15, 0.2) is 9.84 Å². The summed E-state index contributed by atoms with van der Waals surface area (Å²) in [7, 11) is -3.67. The number of nitrogens with zero attached hydrogens (tertiary/aromatic N) is 1. The lowest BCUT2D eigenvalue weighted by atomic mass is 10.1. The largest absolute Gasteiger partial charge is 0.398 e. The minimum atomic E-state index is -3.67. The summed E-state index contributed by atoms with van der Waals surface area (Å²) in [5.74, 6) is -0.829. The number of carbonyl (C=O) groups excluding carboxylic acids is 1. The summed E-state index contributed by atoms with van der Waals surface area (Å²) >= 11 is 0. The van der Waals surface area contributed by atoms with Gasteiger partial charge in [-0.2, -0.15) is 0 Å². The summed E-state index contributed by atoms with van der Waals surface area (Å²) in [5.41, 5.74) is 6.86. The van der Waals surface area contributed by atoms with Crippen molar-refractivity contribution in [3.05, 3.63) is 23.8 Å². The summed E-state index contributed by atoms with van der Waals surface area (Å²) in [5, 5.41) is 0. The number of piperidine rings is 1. The fourth-order valence-corrected chi connectivity index (χ4v) is 3.78. The summed E-state index contributed by atoms with van der Waals surface area (Å²) in [4.78, 5) is 13.8. The molecule has 1 aliphatic heterocycles. The molecule has 2 N–H and O–H groups in total. The minimum absolute atomic E-state index is 0.0495. The maximum atomic E-state index is 12.3. The predicted molar refractivity (Wildman–Crippen MR) is 78.1 cm³/mol. The first-order valence-electron chi connectivity index (χ1n) is 6.77. The molecule has 0 atom stereocenters. The third kappa shape index (κ3) is 3.30. The molecule has 1 aromatic rings. The molecule has 6 heteroatoms. The van der Waals surface area contributed by atoms with E-state index in [-0.39, 0.29) is 16.5 Å². The van der Waals surface area contributed by atoms with Gasteiger partial charge >= 0.3 is 0 Å². The van der Waals surface area contributed by atoms with E-state index in [1.165, 1.54) is 6.07 Å². The number of likely N-dealkylation sites (tertiary alicyclic amines) is 1. The molecule has 1 fully saturated rings. The van der Waals surface area contributed by atoms with Gasteiger partial charge in [-0.1, -0.05) is 6.07 Å². The Hall–Kier alpha value is -1.56. The fraction of sp³-hybridized carbons (Fsp3) is 0.500. The molecule has 1 saturated heterocycles. The number of sulfone groups is 1. The van der Waals surface area contributed by atoms with Crippen LogP contribution in [0.2, 0.25) is 0 Å². The molecule has 1 amide bonds. The Bertz CT molecular complexity index is 605. The minimum Gasteiger partial charge on any atom is -0.398 e. The Morgan fingerprint density at radius 3 is 2.50 bits per heavy atom. The van der Waals surface area contributed by atoms with E-state index in [2.05, 4.69) is 0 Å². The van der Waals surface area contributed by atoms with Gasteiger partial charge in [-0.25, -0.2) is 8.42 Å². The lowest BCUT2D eigenvalue weighted by Gasteiger charge is -2.26. The molecule has 1 heterocycles. The Morgan fingerprint density at radius 2 is 1.90 bits per heavy atom. The predicted octanol–water partition coefficient (Wildman–Crippen LogP) is 1.36. The number of amides is 1. The third-order valence-electron chi connectivity index (χ3n) is 3.52. The van der Waals surface area contributed by atoms with Crippen LogP contribution in [0.3, 0.4) is 0 Å². The van der Waals surface area contributed by atoms with E-state index in [0.717, 1.165) is 24.8 Å². The number of benzene rings is 1. The molecule has 0 unspecified atom stereocenters. The first-order chi connectivity index (χ1) is 9.40. The lowest BCUT2D eigenvalue weighted by Crippen LogP contribution is -2.39. The molecule has 0 spiro atoms. The Morgan fingerprint density at radius 1 is 1.25 bits per heavy atom. The van der Waals surface area contributed by atoms with Gasteiger partial charge in [0.1, 0.15) is 5.75 Å². The van der Waals surface area contributed by atoms with E-state index >= 15 is 0 Å². The molecule has 0 bridgehead atoms. The van der Waals surface area contributed by atoms with Crippen LogP contribution in [0, 0.1) is 6.92 Å². The van der Waals surface area contributed by atoms with Gasteiger partial charge in [0.2, 0.25) is 5.91 Å². The number of anilines is 1. The molecule has 1 aromatic carbocycles. The van der Waals surface area contributed by atoms with Crippen LogP contribution in [-0.4, -0.2) is 38.1 Å². The van der Waals surface area contributed by atoms with Gasteiger partial charge in [0.05, 0.1) is 10.6 Å². The summed E-state index contributed by atoms with van der Waals surface area (Å²) in [6.45, 7) is 3.14. The molecule has 20 heavy (non-hydrogen) atoms. The average molecular weight is 296 g/mol. The van der Waals surface area contributed by atoms with E-state index in [1.807, 2.05) is 6.92 Å². The van der Waals surface area contributed by atoms with E-state index < -0.39 is 15.6 Å². The summed E-state index contributed by atoms with van der Waals surface area (Å²) in [6, 6.07) is 4.77. The molecule has 0 aliphatic carbocycles. The Balaban J connectivity index is 2.16. The normalized spacial score (nSPS) is 16.1. The molecular formula is C14H20N2O3S. The highest BCUT2D eigenvalue weighted by Crippen LogP contribution is 2.21. The van der Waals surface area contributed by atoms with Gasteiger partial charge < -0.3 is 10.6 Å². The number of carbonyl (C=O) groups is 1. The Labute approximate surface area is 119 Å². The first kappa shape index (κ1) is 14.8. The first-order valence-corrected chi connectivity index (χ1v) is 8.42. The smallest absolute Gasteiger partial charge is 0.238 e. The zero-order valence-corrected chi connectivity index (χ0v) is 12.4. The van der Waals surface area contributed by atoms with Gasteiger partial charge in [-0.3, -0.25) is 4.79 Å². The molecule has 5 nitrogen and oxygen atoms in total. The number of rotatable bonds is 3. The summed E-state index contributed by atoms with van der Waals surface area (Å²) < 4.78 is 24.6. The highest BCUT2D eigenvalue weighted by molar-refractivity contribution is 7.92. The topological polar surface area (TPSA) is 80.5 Å². The molecular weight excluding hydrogens is 276 g/mol. The van der Waals surface area contributed by atoms with Gasteiger partial charge in [0.25, 0.3) is 0 Å². The van der Waals surface area contributed by atoms with E-state index in [9.17, 15) is 13.2 Å². The zero-order chi connectivity index (χ0) is 14.8. The van der Waals surface area contributed by atoms with Crippen molar-refractivity contribution in [2.45, 2.75) is 31.1 Å². The Kier molecular flexibility index (Phi) is 4.32. The average Bonchev–Trinajstić information content (AvgIpc) is 2.38. The van der Waals surface area contributed by atoms with Crippen molar-refractivity contribution in [2.24, 2.45) is 0 Å². The van der Waals surface area contributed by atoms with Crippen molar-refractivity contribution in [1.82, 2.24) is 4.90 Å². The fourth-order valence-electron chi connectivity index (χ4n) is 2.43. The van der Waals surface area contributed by atoms with Crippen LogP contribution in [0.1, 0.15) is 24.8 Å². The molecule has 1 aliphatic rings. The highest BCUT2D eigenvalue weighted by atomic mass is 32.2. The molecule has 2 rings (SSSR count). The van der Waals surface area contributed by atoms with Crippen LogP contribution in [0.5, 0.6) is 0 Å². The molecule has 110 valence electrons. The number of nitrogens with two attached hydrogens (primary N) is 1. The monoisotopic (exact) mass is 296 g/mol. The van der Waals surface area contributed by atoms with Crippen LogP contribution in [0.25, 0.3) is 0 Å². The lowest BCUT2D eigenvalue weighted by molar-refractivity contribution is -0.129. The maximum Gasteiger partial charge on any atom is 0.238 e. The van der Waals surface area contributed by atoms with Crippen molar-refractivity contribution in [2.75, 3.05) is 24.6 Å². The molecule has 0 radical (unpaired) electrons. The maximum absolute atomic E-state index is 12.3. The second-order valence-electron chi connectivity index (χ2n) is 5.24. The number of hydrogen-bond acceptors (Lipinski definition) is 4. The quantitative estimate of drug-likeness (QED) is 0.854. The van der Waals surface area contributed by atoms with Crippen molar-refractivity contribution < 1.29 is 13.2 Å². The van der Waals surface area contributed by atoms with Crippen LogP contribution < -0.4 is 5.73 Å². The highest BCUT2D eigenvalue weighted by Gasteiger charge is 2.25. The second kappa shape index (κ2) is 5.83.